The van der Waals surface area contributed by atoms with Gasteiger partial charge in [-0.05, 0) is 45.3 Å². The lowest BCUT2D eigenvalue weighted by atomic mass is 10.2. The molecule has 102 valence electrons. The van der Waals surface area contributed by atoms with E-state index in [1.54, 1.807) is 0 Å². The minimum Gasteiger partial charge on any atom is -0.465 e. The predicted molar refractivity (Wildman–Crippen MR) is 74.5 cm³/mol. The molecule has 18 heavy (non-hydrogen) atoms. The van der Waals surface area contributed by atoms with Gasteiger partial charge < -0.3 is 9.73 Å². The van der Waals surface area contributed by atoms with Crippen LogP contribution < -0.4 is 5.32 Å². The molecule has 0 unspecified atom stereocenters. The summed E-state index contributed by atoms with van der Waals surface area (Å²) in [4.78, 5) is 2.39. The van der Waals surface area contributed by atoms with Crippen molar-refractivity contribution in [3.63, 3.8) is 0 Å². The molecule has 1 N–H and O–H groups in total. The topological polar surface area (TPSA) is 28.4 Å². The number of hydrogen-bond acceptors (Lipinski definition) is 3. The molecule has 3 heteroatoms. The standard InChI is InChI=1S/C15H26N2O/c1-11(2)8-16-9-13-7-15(18-12(13)3)10-17(4)14-5-6-14/h7,11,14,16H,5-6,8-10H2,1-4H3. The number of nitrogens with one attached hydrogen (secondary N) is 1. The molecule has 0 amide bonds. The molecule has 3 nitrogen and oxygen atoms in total. The quantitative estimate of drug-likeness (QED) is 0.806. The highest BCUT2D eigenvalue weighted by Crippen LogP contribution is 2.27. The highest BCUT2D eigenvalue weighted by atomic mass is 16.3. The molecule has 0 atom stereocenters. The van der Waals surface area contributed by atoms with E-state index in [0.29, 0.717) is 5.92 Å². The zero-order valence-electron chi connectivity index (χ0n) is 12.1. The van der Waals surface area contributed by atoms with Crippen molar-refractivity contribution in [3.05, 3.63) is 23.2 Å². The molecule has 0 radical (unpaired) electrons. The first-order valence-electron chi connectivity index (χ1n) is 7.05. The molecule has 0 spiro atoms. The minimum atomic E-state index is 0.692. The van der Waals surface area contributed by atoms with Crippen molar-refractivity contribution in [3.8, 4) is 0 Å². The van der Waals surface area contributed by atoms with Crippen LogP contribution in [0.25, 0.3) is 0 Å². The van der Waals surface area contributed by atoms with E-state index in [1.165, 1.54) is 18.4 Å². The number of aryl methyl sites for hydroxylation is 1. The van der Waals surface area contributed by atoms with Crippen molar-refractivity contribution in [1.82, 2.24) is 10.2 Å². The summed E-state index contributed by atoms with van der Waals surface area (Å²) < 4.78 is 5.84. The van der Waals surface area contributed by atoms with Gasteiger partial charge in [-0.3, -0.25) is 4.90 Å². The van der Waals surface area contributed by atoms with Crippen LogP contribution in [0.3, 0.4) is 0 Å². The second-order valence-electron chi connectivity index (χ2n) is 5.97. The molecule has 1 aliphatic carbocycles. The van der Waals surface area contributed by atoms with Gasteiger partial charge in [0.05, 0.1) is 6.54 Å². The van der Waals surface area contributed by atoms with Gasteiger partial charge in [0.1, 0.15) is 11.5 Å². The van der Waals surface area contributed by atoms with Crippen molar-refractivity contribution >= 4 is 0 Å². The molecular formula is C15H26N2O. The Balaban J connectivity index is 1.85. The summed E-state index contributed by atoms with van der Waals surface area (Å²) in [6.07, 6.45) is 2.69. The molecule has 1 aliphatic rings. The maximum Gasteiger partial charge on any atom is 0.118 e. The molecular weight excluding hydrogens is 224 g/mol. The zero-order valence-corrected chi connectivity index (χ0v) is 12.1. The van der Waals surface area contributed by atoms with Crippen molar-refractivity contribution in [1.29, 1.82) is 0 Å². The van der Waals surface area contributed by atoms with Gasteiger partial charge in [-0.15, -0.1) is 0 Å². The third kappa shape index (κ3) is 3.85. The molecule has 0 bridgehead atoms. The summed E-state index contributed by atoms with van der Waals surface area (Å²) in [5.41, 5.74) is 1.30. The number of nitrogens with zero attached hydrogens (tertiary/aromatic N) is 1. The van der Waals surface area contributed by atoms with Gasteiger partial charge in [0, 0.05) is 18.2 Å². The van der Waals surface area contributed by atoms with Gasteiger partial charge in [0.2, 0.25) is 0 Å². The summed E-state index contributed by atoms with van der Waals surface area (Å²) in [5.74, 6) is 2.85. The molecule has 1 saturated carbocycles. The van der Waals surface area contributed by atoms with Crippen LogP contribution in [-0.2, 0) is 13.1 Å². The Morgan fingerprint density at radius 2 is 2.17 bits per heavy atom. The van der Waals surface area contributed by atoms with E-state index in [9.17, 15) is 0 Å². The van der Waals surface area contributed by atoms with Crippen molar-refractivity contribution < 1.29 is 4.42 Å². The van der Waals surface area contributed by atoms with Gasteiger partial charge in [-0.1, -0.05) is 13.8 Å². The van der Waals surface area contributed by atoms with Crippen LogP contribution in [0.2, 0.25) is 0 Å². The normalized spacial score (nSPS) is 15.9. The van der Waals surface area contributed by atoms with E-state index >= 15 is 0 Å². The summed E-state index contributed by atoms with van der Waals surface area (Å²) >= 11 is 0. The SMILES string of the molecule is Cc1oc(CN(C)C2CC2)cc1CNCC(C)C. The van der Waals surface area contributed by atoms with E-state index in [2.05, 4.69) is 44.1 Å². The molecule has 1 fully saturated rings. The van der Waals surface area contributed by atoms with E-state index in [0.717, 1.165) is 37.2 Å². The molecule has 1 aromatic heterocycles. The summed E-state index contributed by atoms with van der Waals surface area (Å²) in [7, 11) is 2.19. The summed E-state index contributed by atoms with van der Waals surface area (Å²) in [6.45, 7) is 9.43. The molecule has 1 heterocycles. The van der Waals surface area contributed by atoms with Crippen LogP contribution in [0, 0.1) is 12.8 Å². The van der Waals surface area contributed by atoms with Crippen LogP contribution in [0.1, 0.15) is 43.8 Å². The lowest BCUT2D eigenvalue weighted by Crippen LogP contribution is -2.20. The summed E-state index contributed by atoms with van der Waals surface area (Å²) in [6, 6.07) is 3.00. The third-order valence-corrected chi connectivity index (χ3v) is 3.52. The minimum absolute atomic E-state index is 0.692. The first-order chi connectivity index (χ1) is 8.56. The third-order valence-electron chi connectivity index (χ3n) is 3.52. The Morgan fingerprint density at radius 1 is 1.44 bits per heavy atom. The Kier molecular flexibility index (Phi) is 4.46. The van der Waals surface area contributed by atoms with Gasteiger partial charge in [0.25, 0.3) is 0 Å². The number of hydrogen-bond donors (Lipinski definition) is 1. The van der Waals surface area contributed by atoms with Crippen LogP contribution in [0.15, 0.2) is 10.5 Å². The fourth-order valence-electron chi connectivity index (χ4n) is 2.23. The second kappa shape index (κ2) is 5.89. The predicted octanol–water partition coefficient (Wildman–Crippen LogP) is 2.93. The zero-order chi connectivity index (χ0) is 13.1. The van der Waals surface area contributed by atoms with Crippen molar-refractivity contribution in [2.75, 3.05) is 13.6 Å². The second-order valence-corrected chi connectivity index (χ2v) is 5.97. The highest BCUT2D eigenvalue weighted by molar-refractivity contribution is 5.20. The van der Waals surface area contributed by atoms with E-state index in [4.69, 9.17) is 4.42 Å². The molecule has 2 rings (SSSR count). The largest absolute Gasteiger partial charge is 0.465 e. The molecule has 0 aromatic carbocycles. The lowest BCUT2D eigenvalue weighted by molar-refractivity contribution is 0.283. The Hall–Kier alpha value is -0.800. The van der Waals surface area contributed by atoms with E-state index < -0.39 is 0 Å². The monoisotopic (exact) mass is 250 g/mol. The maximum atomic E-state index is 5.84. The number of furan rings is 1. The first-order valence-corrected chi connectivity index (χ1v) is 7.05. The lowest BCUT2D eigenvalue weighted by Gasteiger charge is -2.12. The van der Waals surface area contributed by atoms with Crippen molar-refractivity contribution in [2.24, 2.45) is 5.92 Å². The van der Waals surface area contributed by atoms with Gasteiger partial charge in [-0.25, -0.2) is 0 Å². The average molecular weight is 250 g/mol. The van der Waals surface area contributed by atoms with Gasteiger partial charge in [0.15, 0.2) is 0 Å². The fraction of sp³-hybridized carbons (Fsp3) is 0.733. The highest BCUT2D eigenvalue weighted by Gasteiger charge is 2.26. The van der Waals surface area contributed by atoms with Crippen LogP contribution in [-0.4, -0.2) is 24.5 Å². The summed E-state index contributed by atoms with van der Waals surface area (Å²) in [5, 5.41) is 3.47. The van der Waals surface area contributed by atoms with Crippen LogP contribution >= 0.6 is 0 Å². The first kappa shape index (κ1) is 13.6. The van der Waals surface area contributed by atoms with Crippen LogP contribution in [0.4, 0.5) is 0 Å². The Bertz CT molecular complexity index is 380. The van der Waals surface area contributed by atoms with Crippen molar-refractivity contribution in [2.45, 2.75) is 52.7 Å². The number of rotatable bonds is 7. The smallest absolute Gasteiger partial charge is 0.118 e. The van der Waals surface area contributed by atoms with Gasteiger partial charge >= 0.3 is 0 Å². The molecule has 0 saturated heterocycles. The average Bonchev–Trinajstić information content (AvgIpc) is 3.06. The van der Waals surface area contributed by atoms with Crippen LogP contribution in [0.5, 0.6) is 0 Å². The molecule has 1 aromatic rings. The molecule has 0 aliphatic heterocycles. The fourth-order valence-corrected chi connectivity index (χ4v) is 2.23. The van der Waals surface area contributed by atoms with E-state index in [1.807, 2.05) is 0 Å². The Morgan fingerprint density at radius 3 is 2.78 bits per heavy atom. The van der Waals surface area contributed by atoms with Gasteiger partial charge in [-0.2, -0.15) is 0 Å². The Labute approximate surface area is 111 Å². The van der Waals surface area contributed by atoms with E-state index in [-0.39, 0.29) is 0 Å². The maximum absolute atomic E-state index is 5.84.